The van der Waals surface area contributed by atoms with Crippen LogP contribution in [0.4, 0.5) is 0 Å². The lowest BCUT2D eigenvalue weighted by atomic mass is 9.98. The summed E-state index contributed by atoms with van der Waals surface area (Å²) in [4.78, 5) is 0. The predicted octanol–water partition coefficient (Wildman–Crippen LogP) is 6.76. The van der Waals surface area contributed by atoms with Crippen LogP contribution in [0.3, 0.4) is 0 Å². The molecule has 1 aliphatic heterocycles. The molecule has 0 unspecified atom stereocenters. The Balaban J connectivity index is 1.70. The van der Waals surface area contributed by atoms with E-state index in [2.05, 4.69) is 63.3 Å². The van der Waals surface area contributed by atoms with Crippen molar-refractivity contribution in [1.29, 1.82) is 0 Å². The van der Waals surface area contributed by atoms with Gasteiger partial charge in [-0.05, 0) is 38.5 Å². The Hall–Kier alpha value is -1.96. The fourth-order valence-corrected chi connectivity index (χ4v) is 3.34. The molecule has 0 aliphatic carbocycles. The van der Waals surface area contributed by atoms with Gasteiger partial charge in [0.2, 0.25) is 0 Å². The Labute approximate surface area is 151 Å². The molecule has 2 aromatic rings. The molecule has 0 spiro atoms. The van der Waals surface area contributed by atoms with Gasteiger partial charge in [-0.3, -0.25) is 0 Å². The van der Waals surface area contributed by atoms with Crippen molar-refractivity contribution in [3.05, 3.63) is 42.0 Å². The minimum absolute atomic E-state index is 0.267. The van der Waals surface area contributed by atoms with Crippen molar-refractivity contribution in [2.45, 2.75) is 64.9 Å². The van der Waals surface area contributed by atoms with E-state index in [4.69, 9.17) is 9.47 Å². The van der Waals surface area contributed by atoms with Crippen LogP contribution < -0.4 is 9.47 Å². The molecule has 2 aromatic carbocycles. The summed E-state index contributed by atoms with van der Waals surface area (Å²) < 4.78 is 12.3. The third kappa shape index (κ3) is 4.36. The topological polar surface area (TPSA) is 18.5 Å². The van der Waals surface area contributed by atoms with Gasteiger partial charge in [0.1, 0.15) is 17.1 Å². The smallest absolute Gasteiger partial charge is 0.135 e. The average molecular weight is 338 g/mol. The standard InChI is InChI=1S/C23H30O2/c1-4-5-6-7-8-9-17-24-21-12-10-11-20-19(21)14-13-18-15-16-23(2,3)25-22(18)20/h10-16H,4-9,17H2,1-3H3. The first kappa shape index (κ1) is 17.8. The van der Waals surface area contributed by atoms with E-state index in [1.54, 1.807) is 0 Å². The first-order valence-electron chi connectivity index (χ1n) is 9.67. The molecule has 0 atom stereocenters. The number of hydrogen-bond donors (Lipinski definition) is 0. The quantitative estimate of drug-likeness (QED) is 0.495. The van der Waals surface area contributed by atoms with Crippen molar-refractivity contribution in [2.24, 2.45) is 0 Å². The van der Waals surface area contributed by atoms with Gasteiger partial charge in [0.15, 0.2) is 0 Å². The largest absolute Gasteiger partial charge is 0.493 e. The Morgan fingerprint density at radius 1 is 0.920 bits per heavy atom. The van der Waals surface area contributed by atoms with E-state index in [1.165, 1.54) is 32.1 Å². The summed E-state index contributed by atoms with van der Waals surface area (Å²) in [6.07, 6.45) is 11.9. The molecule has 0 saturated heterocycles. The van der Waals surface area contributed by atoms with Crippen molar-refractivity contribution in [2.75, 3.05) is 6.61 Å². The highest BCUT2D eigenvalue weighted by Crippen LogP contribution is 2.40. The summed E-state index contributed by atoms with van der Waals surface area (Å²) in [5, 5.41) is 2.27. The maximum Gasteiger partial charge on any atom is 0.135 e. The van der Waals surface area contributed by atoms with Gasteiger partial charge < -0.3 is 9.47 Å². The molecule has 1 heterocycles. The molecule has 0 radical (unpaired) electrons. The fraction of sp³-hybridized carbons (Fsp3) is 0.478. The Bertz CT molecular complexity index is 743. The SMILES string of the molecule is CCCCCCCCOc1cccc2c3c(ccc12)C=CC(C)(C)O3. The number of benzene rings is 2. The second-order valence-electron chi connectivity index (χ2n) is 7.49. The first-order valence-corrected chi connectivity index (χ1v) is 9.67. The highest BCUT2D eigenvalue weighted by Gasteiger charge is 2.23. The van der Waals surface area contributed by atoms with Gasteiger partial charge in [0, 0.05) is 16.3 Å². The molecule has 0 aromatic heterocycles. The van der Waals surface area contributed by atoms with Gasteiger partial charge in [-0.25, -0.2) is 0 Å². The van der Waals surface area contributed by atoms with Crippen LogP contribution in [0.2, 0.25) is 0 Å². The minimum Gasteiger partial charge on any atom is -0.493 e. The van der Waals surface area contributed by atoms with E-state index in [0.29, 0.717) is 0 Å². The van der Waals surface area contributed by atoms with Crippen LogP contribution >= 0.6 is 0 Å². The van der Waals surface area contributed by atoms with E-state index in [9.17, 15) is 0 Å². The summed E-state index contributed by atoms with van der Waals surface area (Å²) in [5.41, 5.74) is 0.872. The maximum absolute atomic E-state index is 6.23. The van der Waals surface area contributed by atoms with Gasteiger partial charge >= 0.3 is 0 Å². The molecule has 0 bridgehead atoms. The number of rotatable bonds is 8. The molecular weight excluding hydrogens is 308 g/mol. The Morgan fingerprint density at radius 2 is 1.72 bits per heavy atom. The number of unbranched alkanes of at least 4 members (excludes halogenated alkanes) is 5. The van der Waals surface area contributed by atoms with Crippen molar-refractivity contribution < 1.29 is 9.47 Å². The zero-order valence-electron chi connectivity index (χ0n) is 15.8. The molecule has 1 aliphatic rings. The Morgan fingerprint density at radius 3 is 2.56 bits per heavy atom. The maximum atomic E-state index is 6.23. The molecule has 0 saturated carbocycles. The van der Waals surface area contributed by atoms with E-state index in [0.717, 1.165) is 40.9 Å². The first-order chi connectivity index (χ1) is 12.1. The molecule has 2 nitrogen and oxygen atoms in total. The van der Waals surface area contributed by atoms with Crippen LogP contribution in [0, 0.1) is 0 Å². The normalized spacial score (nSPS) is 15.0. The second kappa shape index (κ2) is 7.95. The lowest BCUT2D eigenvalue weighted by molar-refractivity contribution is 0.161. The number of ether oxygens (including phenoxy) is 2. The zero-order valence-corrected chi connectivity index (χ0v) is 15.8. The third-order valence-corrected chi connectivity index (χ3v) is 4.79. The summed E-state index contributed by atoms with van der Waals surface area (Å²) in [7, 11) is 0. The summed E-state index contributed by atoms with van der Waals surface area (Å²) >= 11 is 0. The van der Waals surface area contributed by atoms with Crippen LogP contribution in [0.1, 0.15) is 64.9 Å². The van der Waals surface area contributed by atoms with E-state index >= 15 is 0 Å². The van der Waals surface area contributed by atoms with E-state index in [1.807, 2.05) is 0 Å². The van der Waals surface area contributed by atoms with Crippen molar-refractivity contribution in [3.63, 3.8) is 0 Å². The van der Waals surface area contributed by atoms with Crippen LogP contribution in [0.5, 0.6) is 11.5 Å². The van der Waals surface area contributed by atoms with Crippen molar-refractivity contribution in [1.82, 2.24) is 0 Å². The molecule has 0 amide bonds. The lowest BCUT2D eigenvalue weighted by Gasteiger charge is -2.29. The highest BCUT2D eigenvalue weighted by molar-refractivity contribution is 5.96. The second-order valence-corrected chi connectivity index (χ2v) is 7.49. The van der Waals surface area contributed by atoms with E-state index < -0.39 is 0 Å². The molecule has 25 heavy (non-hydrogen) atoms. The van der Waals surface area contributed by atoms with Crippen LogP contribution in [-0.2, 0) is 0 Å². The third-order valence-electron chi connectivity index (χ3n) is 4.79. The predicted molar refractivity (Wildman–Crippen MR) is 107 cm³/mol. The van der Waals surface area contributed by atoms with Crippen LogP contribution in [-0.4, -0.2) is 12.2 Å². The Kier molecular flexibility index (Phi) is 5.67. The lowest BCUT2D eigenvalue weighted by Crippen LogP contribution is -2.27. The monoisotopic (exact) mass is 338 g/mol. The van der Waals surface area contributed by atoms with Crippen LogP contribution in [0.25, 0.3) is 16.8 Å². The molecule has 0 fully saturated rings. The van der Waals surface area contributed by atoms with Gasteiger partial charge in [-0.2, -0.15) is 0 Å². The summed E-state index contributed by atoms with van der Waals surface area (Å²) in [6.45, 7) is 7.21. The van der Waals surface area contributed by atoms with Gasteiger partial charge in [-0.1, -0.05) is 63.3 Å². The van der Waals surface area contributed by atoms with Gasteiger partial charge in [-0.15, -0.1) is 0 Å². The molecule has 134 valence electrons. The highest BCUT2D eigenvalue weighted by atomic mass is 16.5. The van der Waals surface area contributed by atoms with Crippen molar-refractivity contribution >= 4 is 16.8 Å². The number of fused-ring (bicyclic) bond motifs is 3. The average Bonchev–Trinajstić information content (AvgIpc) is 2.60. The molecule has 3 rings (SSSR count). The molecular formula is C23H30O2. The van der Waals surface area contributed by atoms with E-state index in [-0.39, 0.29) is 5.60 Å². The van der Waals surface area contributed by atoms with Gasteiger partial charge in [0.25, 0.3) is 0 Å². The number of hydrogen-bond acceptors (Lipinski definition) is 2. The fourth-order valence-electron chi connectivity index (χ4n) is 3.34. The van der Waals surface area contributed by atoms with Gasteiger partial charge in [0.05, 0.1) is 6.61 Å². The zero-order chi connectivity index (χ0) is 17.7. The summed E-state index contributed by atoms with van der Waals surface area (Å²) in [6, 6.07) is 10.5. The minimum atomic E-state index is -0.267. The van der Waals surface area contributed by atoms with Crippen LogP contribution in [0.15, 0.2) is 36.4 Å². The molecule has 0 N–H and O–H groups in total. The van der Waals surface area contributed by atoms with Crippen molar-refractivity contribution in [3.8, 4) is 11.5 Å². The molecule has 2 heteroatoms. The summed E-state index contributed by atoms with van der Waals surface area (Å²) in [5.74, 6) is 1.93.